The second kappa shape index (κ2) is 6.35. The van der Waals surface area contributed by atoms with Gasteiger partial charge in [-0.05, 0) is 49.1 Å². The maximum atomic E-state index is 12.1. The van der Waals surface area contributed by atoms with Gasteiger partial charge >= 0.3 is 0 Å². The fraction of sp³-hybridized carbons (Fsp3) is 0.200. The number of benzene rings is 2. The topological polar surface area (TPSA) is 99.3 Å². The Balaban J connectivity index is 1.48. The molecular formula is C20H18N6O. The molecule has 3 N–H and O–H groups in total. The van der Waals surface area contributed by atoms with Gasteiger partial charge in [0.05, 0.1) is 11.2 Å². The van der Waals surface area contributed by atoms with Crippen LogP contribution in [-0.4, -0.2) is 31.3 Å². The van der Waals surface area contributed by atoms with Crippen LogP contribution in [0, 0.1) is 5.92 Å². The van der Waals surface area contributed by atoms with Crippen molar-refractivity contribution in [3.63, 3.8) is 0 Å². The zero-order valence-corrected chi connectivity index (χ0v) is 14.6. The van der Waals surface area contributed by atoms with Gasteiger partial charge in [-0.1, -0.05) is 12.1 Å². The highest BCUT2D eigenvalue weighted by Gasteiger charge is 2.24. The predicted molar refractivity (Wildman–Crippen MR) is 103 cm³/mol. The SMILES string of the molecule is O=C(CC1CC1)Nc1cccc(-c2n[nH]c3ccc(-c4ncn[nH]4)cc23)c1. The van der Waals surface area contributed by atoms with Gasteiger partial charge in [0.15, 0.2) is 5.82 Å². The van der Waals surface area contributed by atoms with Crippen LogP contribution in [0.3, 0.4) is 0 Å². The second-order valence-corrected chi connectivity index (χ2v) is 6.94. The van der Waals surface area contributed by atoms with Crippen molar-refractivity contribution in [1.82, 2.24) is 25.4 Å². The lowest BCUT2D eigenvalue weighted by molar-refractivity contribution is -0.116. The molecule has 0 atom stereocenters. The minimum Gasteiger partial charge on any atom is -0.326 e. The Bertz CT molecular complexity index is 1110. The number of H-pyrrole nitrogens is 2. The molecule has 0 unspecified atom stereocenters. The maximum absolute atomic E-state index is 12.1. The van der Waals surface area contributed by atoms with Crippen LogP contribution < -0.4 is 5.32 Å². The highest BCUT2D eigenvalue weighted by Crippen LogP contribution is 2.33. The molecule has 134 valence electrons. The summed E-state index contributed by atoms with van der Waals surface area (Å²) in [7, 11) is 0. The summed E-state index contributed by atoms with van der Waals surface area (Å²) in [6.45, 7) is 0. The first-order valence-corrected chi connectivity index (χ1v) is 9.00. The number of hydrogen-bond donors (Lipinski definition) is 3. The Morgan fingerprint density at radius 1 is 1.11 bits per heavy atom. The summed E-state index contributed by atoms with van der Waals surface area (Å²) >= 11 is 0. The summed E-state index contributed by atoms with van der Waals surface area (Å²) in [5, 5.41) is 18.3. The number of aromatic nitrogens is 5. The summed E-state index contributed by atoms with van der Waals surface area (Å²) in [6.07, 6.45) is 4.43. The molecule has 0 radical (unpaired) electrons. The Morgan fingerprint density at radius 3 is 2.85 bits per heavy atom. The van der Waals surface area contributed by atoms with Crippen LogP contribution in [-0.2, 0) is 4.79 Å². The molecule has 1 fully saturated rings. The van der Waals surface area contributed by atoms with Crippen LogP contribution >= 0.6 is 0 Å². The lowest BCUT2D eigenvalue weighted by Gasteiger charge is -2.06. The van der Waals surface area contributed by atoms with Crippen LogP contribution in [0.2, 0.25) is 0 Å². The smallest absolute Gasteiger partial charge is 0.224 e. The number of nitrogens with zero attached hydrogens (tertiary/aromatic N) is 3. The molecule has 0 saturated heterocycles. The van der Waals surface area contributed by atoms with Gasteiger partial charge in [-0.25, -0.2) is 4.98 Å². The minimum absolute atomic E-state index is 0.0779. The van der Waals surface area contributed by atoms with Gasteiger partial charge < -0.3 is 5.32 Å². The van der Waals surface area contributed by atoms with E-state index in [1.807, 2.05) is 42.5 Å². The molecule has 1 saturated carbocycles. The van der Waals surface area contributed by atoms with Crippen molar-refractivity contribution in [3.05, 3.63) is 48.8 Å². The van der Waals surface area contributed by atoms with Crippen LogP contribution in [0.1, 0.15) is 19.3 Å². The number of anilines is 1. The molecule has 1 aliphatic carbocycles. The molecule has 2 heterocycles. The van der Waals surface area contributed by atoms with E-state index in [1.54, 1.807) is 0 Å². The van der Waals surface area contributed by atoms with Crippen molar-refractivity contribution in [2.24, 2.45) is 5.92 Å². The molecular weight excluding hydrogens is 340 g/mol. The van der Waals surface area contributed by atoms with E-state index in [2.05, 4.69) is 30.7 Å². The van der Waals surface area contributed by atoms with Crippen molar-refractivity contribution in [2.45, 2.75) is 19.3 Å². The number of amides is 1. The van der Waals surface area contributed by atoms with Gasteiger partial charge in [0.1, 0.15) is 6.33 Å². The normalized spacial score (nSPS) is 13.8. The van der Waals surface area contributed by atoms with Gasteiger partial charge in [0, 0.05) is 28.6 Å². The van der Waals surface area contributed by atoms with E-state index in [9.17, 15) is 4.79 Å². The molecule has 0 bridgehead atoms. The van der Waals surface area contributed by atoms with Crippen molar-refractivity contribution in [3.8, 4) is 22.6 Å². The standard InChI is InChI=1S/C20H18N6O/c27-18(8-12-4-5-12)23-15-3-1-2-13(9-15)19-16-10-14(20-21-11-22-26-20)6-7-17(16)24-25-19/h1-3,6-7,9-12H,4-5,8H2,(H,23,27)(H,24,25)(H,21,22,26). The fourth-order valence-electron chi connectivity index (χ4n) is 3.27. The summed E-state index contributed by atoms with van der Waals surface area (Å²) < 4.78 is 0. The molecule has 7 heteroatoms. The summed E-state index contributed by atoms with van der Waals surface area (Å²) in [5.74, 6) is 1.36. The summed E-state index contributed by atoms with van der Waals surface area (Å²) in [4.78, 5) is 16.3. The van der Waals surface area contributed by atoms with E-state index < -0.39 is 0 Å². The number of carbonyl (C=O) groups is 1. The van der Waals surface area contributed by atoms with Crippen LogP contribution in [0.4, 0.5) is 5.69 Å². The van der Waals surface area contributed by atoms with Crippen LogP contribution in [0.15, 0.2) is 48.8 Å². The molecule has 2 aromatic carbocycles. The van der Waals surface area contributed by atoms with Gasteiger partial charge in [0.25, 0.3) is 0 Å². The van der Waals surface area contributed by atoms with Gasteiger partial charge in [-0.3, -0.25) is 15.0 Å². The number of carbonyl (C=O) groups excluding carboxylic acids is 1. The number of fused-ring (bicyclic) bond motifs is 1. The maximum Gasteiger partial charge on any atom is 0.224 e. The minimum atomic E-state index is 0.0779. The van der Waals surface area contributed by atoms with E-state index in [1.165, 1.54) is 19.2 Å². The molecule has 27 heavy (non-hydrogen) atoms. The Morgan fingerprint density at radius 2 is 2.04 bits per heavy atom. The predicted octanol–water partition coefficient (Wildman–Crippen LogP) is 3.75. The highest BCUT2D eigenvalue weighted by molar-refractivity contribution is 5.97. The molecule has 0 aliphatic heterocycles. The molecule has 0 spiro atoms. The molecule has 1 aliphatic rings. The third kappa shape index (κ3) is 3.19. The zero-order valence-electron chi connectivity index (χ0n) is 14.6. The first kappa shape index (κ1) is 15.7. The number of hydrogen-bond acceptors (Lipinski definition) is 4. The van der Waals surface area contributed by atoms with E-state index >= 15 is 0 Å². The molecule has 2 aromatic heterocycles. The highest BCUT2D eigenvalue weighted by atomic mass is 16.1. The number of aromatic amines is 2. The Hall–Kier alpha value is -3.48. The van der Waals surface area contributed by atoms with Crippen LogP contribution in [0.5, 0.6) is 0 Å². The monoisotopic (exact) mass is 358 g/mol. The van der Waals surface area contributed by atoms with Gasteiger partial charge in [-0.15, -0.1) is 0 Å². The lowest BCUT2D eigenvalue weighted by Crippen LogP contribution is -2.11. The largest absolute Gasteiger partial charge is 0.326 e. The Labute approximate surface area is 155 Å². The number of nitrogens with one attached hydrogen (secondary N) is 3. The van der Waals surface area contributed by atoms with Crippen LogP contribution in [0.25, 0.3) is 33.5 Å². The molecule has 5 rings (SSSR count). The first-order chi connectivity index (χ1) is 13.3. The van der Waals surface area contributed by atoms with Crippen molar-refractivity contribution >= 4 is 22.5 Å². The van der Waals surface area contributed by atoms with Gasteiger partial charge in [0.2, 0.25) is 5.91 Å². The molecule has 7 nitrogen and oxygen atoms in total. The molecule has 1 amide bonds. The number of rotatable bonds is 5. The fourth-order valence-corrected chi connectivity index (χ4v) is 3.27. The van der Waals surface area contributed by atoms with Crippen molar-refractivity contribution in [1.29, 1.82) is 0 Å². The van der Waals surface area contributed by atoms with E-state index in [0.717, 1.165) is 33.4 Å². The average molecular weight is 358 g/mol. The molecule has 4 aromatic rings. The van der Waals surface area contributed by atoms with E-state index in [0.29, 0.717) is 18.2 Å². The van der Waals surface area contributed by atoms with Crippen molar-refractivity contribution < 1.29 is 4.79 Å². The summed E-state index contributed by atoms with van der Waals surface area (Å²) in [5.41, 5.74) is 4.46. The first-order valence-electron chi connectivity index (χ1n) is 9.00. The average Bonchev–Trinajstić information content (AvgIpc) is 3.17. The second-order valence-electron chi connectivity index (χ2n) is 6.94. The van der Waals surface area contributed by atoms with Crippen molar-refractivity contribution in [2.75, 3.05) is 5.32 Å². The lowest BCUT2D eigenvalue weighted by atomic mass is 10.0. The zero-order chi connectivity index (χ0) is 18.2. The van der Waals surface area contributed by atoms with E-state index in [4.69, 9.17) is 0 Å². The van der Waals surface area contributed by atoms with E-state index in [-0.39, 0.29) is 5.91 Å². The quantitative estimate of drug-likeness (QED) is 0.506. The third-order valence-electron chi connectivity index (χ3n) is 4.84. The Kier molecular flexibility index (Phi) is 3.71. The third-order valence-corrected chi connectivity index (χ3v) is 4.84. The summed E-state index contributed by atoms with van der Waals surface area (Å²) in [6, 6.07) is 13.8. The van der Waals surface area contributed by atoms with Gasteiger partial charge in [-0.2, -0.15) is 10.2 Å².